The molecule has 12 heavy (non-hydrogen) atoms. The summed E-state index contributed by atoms with van der Waals surface area (Å²) in [6.45, 7) is 2.49. The molecular weight excluding hydrogens is 178 g/mol. The second-order valence-corrected chi connectivity index (χ2v) is 2.64. The predicted molar refractivity (Wildman–Crippen MR) is 47.5 cm³/mol. The molecule has 0 spiro atoms. The van der Waals surface area contributed by atoms with Gasteiger partial charge in [-0.15, -0.1) is 12.4 Å². The molecule has 0 amide bonds. The zero-order chi connectivity index (χ0) is 7.52. The Bertz CT molecular complexity index is 207. The molecule has 1 N–H and O–H groups in total. The van der Waals surface area contributed by atoms with Gasteiger partial charge < -0.3 is 14.5 Å². The van der Waals surface area contributed by atoms with Gasteiger partial charge in [0.2, 0.25) is 0 Å². The molecule has 3 nitrogen and oxygen atoms in total. The highest BCUT2D eigenvalue weighted by Crippen LogP contribution is 2.15. The first-order valence-corrected chi connectivity index (χ1v) is 3.80. The van der Waals surface area contributed by atoms with Crippen LogP contribution in [0, 0.1) is 0 Å². The Balaban J connectivity index is 0.000000720. The van der Waals surface area contributed by atoms with Crippen LogP contribution in [0.25, 0.3) is 0 Å². The van der Waals surface area contributed by atoms with E-state index in [2.05, 4.69) is 5.32 Å². The Hall–Kier alpha value is -0.510. The monoisotopic (exact) mass is 189 g/mol. The van der Waals surface area contributed by atoms with Gasteiger partial charge >= 0.3 is 0 Å². The third kappa shape index (κ3) is 2.00. The Morgan fingerprint density at radius 1 is 1.50 bits per heavy atom. The number of rotatable bonds is 1. The van der Waals surface area contributed by atoms with Gasteiger partial charge in [-0.2, -0.15) is 0 Å². The average Bonchev–Trinajstić information content (AvgIpc) is 2.58. The maximum atomic E-state index is 5.30. The Morgan fingerprint density at radius 3 is 3.00 bits per heavy atom. The largest absolute Gasteiger partial charge is 0.472 e. The lowest BCUT2D eigenvalue weighted by Gasteiger charge is -2.22. The van der Waals surface area contributed by atoms with Crippen molar-refractivity contribution in [1.29, 1.82) is 0 Å². The standard InChI is InChI=1S/C8H11NO2.ClH/c1-3-10-5-7(1)8-6-11-4-2-9-8;/h1,3,5,8-9H,2,4,6H2;1H. The van der Waals surface area contributed by atoms with Crippen LogP contribution in [-0.4, -0.2) is 19.8 Å². The van der Waals surface area contributed by atoms with Gasteiger partial charge in [0, 0.05) is 12.1 Å². The van der Waals surface area contributed by atoms with Crippen molar-refractivity contribution in [3.8, 4) is 0 Å². The lowest BCUT2D eigenvalue weighted by Crippen LogP contribution is -2.34. The van der Waals surface area contributed by atoms with Gasteiger partial charge in [-0.05, 0) is 6.07 Å². The number of morpholine rings is 1. The van der Waals surface area contributed by atoms with E-state index in [1.54, 1.807) is 12.5 Å². The molecule has 0 aromatic carbocycles. The van der Waals surface area contributed by atoms with Crippen molar-refractivity contribution >= 4 is 12.4 Å². The van der Waals surface area contributed by atoms with Gasteiger partial charge in [0.25, 0.3) is 0 Å². The normalized spacial score (nSPS) is 23.2. The van der Waals surface area contributed by atoms with Crippen LogP contribution in [0.3, 0.4) is 0 Å². The van der Waals surface area contributed by atoms with Gasteiger partial charge in [-0.25, -0.2) is 0 Å². The van der Waals surface area contributed by atoms with Crippen LogP contribution in [0.15, 0.2) is 23.0 Å². The highest BCUT2D eigenvalue weighted by Gasteiger charge is 2.15. The van der Waals surface area contributed by atoms with Crippen molar-refractivity contribution in [3.63, 3.8) is 0 Å². The molecule has 0 radical (unpaired) electrons. The smallest absolute Gasteiger partial charge is 0.0951 e. The number of ether oxygens (including phenoxy) is 1. The summed E-state index contributed by atoms with van der Waals surface area (Å²) in [5.41, 5.74) is 1.17. The SMILES string of the molecule is Cl.c1cc(C2COCCN2)co1. The van der Waals surface area contributed by atoms with Crippen LogP contribution in [0.5, 0.6) is 0 Å². The quantitative estimate of drug-likeness (QED) is 0.725. The lowest BCUT2D eigenvalue weighted by atomic mass is 10.1. The van der Waals surface area contributed by atoms with Crippen molar-refractivity contribution in [2.45, 2.75) is 6.04 Å². The molecule has 4 heteroatoms. The van der Waals surface area contributed by atoms with Crippen molar-refractivity contribution in [2.24, 2.45) is 0 Å². The van der Waals surface area contributed by atoms with E-state index in [1.807, 2.05) is 6.07 Å². The van der Waals surface area contributed by atoms with E-state index < -0.39 is 0 Å². The van der Waals surface area contributed by atoms with Crippen molar-refractivity contribution < 1.29 is 9.15 Å². The molecule has 2 rings (SSSR count). The van der Waals surface area contributed by atoms with Crippen molar-refractivity contribution in [2.75, 3.05) is 19.8 Å². The first-order chi connectivity index (χ1) is 5.47. The van der Waals surface area contributed by atoms with E-state index in [0.717, 1.165) is 19.8 Å². The Morgan fingerprint density at radius 2 is 2.42 bits per heavy atom. The molecule has 2 heterocycles. The number of nitrogens with one attached hydrogen (secondary N) is 1. The Labute approximate surface area is 77.5 Å². The molecule has 1 aliphatic rings. The van der Waals surface area contributed by atoms with E-state index >= 15 is 0 Å². The third-order valence-corrected chi connectivity index (χ3v) is 1.87. The maximum Gasteiger partial charge on any atom is 0.0951 e. The highest BCUT2D eigenvalue weighted by molar-refractivity contribution is 5.85. The molecule has 1 fully saturated rings. The van der Waals surface area contributed by atoms with Gasteiger partial charge in [-0.1, -0.05) is 0 Å². The first-order valence-electron chi connectivity index (χ1n) is 3.80. The van der Waals surface area contributed by atoms with Crippen LogP contribution in [0.1, 0.15) is 11.6 Å². The minimum atomic E-state index is 0. The summed E-state index contributed by atoms with van der Waals surface area (Å²) in [6.07, 6.45) is 3.44. The first kappa shape index (κ1) is 9.58. The molecule has 1 unspecified atom stereocenters. The van der Waals surface area contributed by atoms with Crippen molar-refractivity contribution in [3.05, 3.63) is 24.2 Å². The van der Waals surface area contributed by atoms with E-state index in [1.165, 1.54) is 5.56 Å². The molecule has 68 valence electrons. The minimum Gasteiger partial charge on any atom is -0.472 e. The summed E-state index contributed by atoms with van der Waals surface area (Å²) in [5.74, 6) is 0. The molecule has 1 aromatic rings. The summed E-state index contributed by atoms with van der Waals surface area (Å²) in [5, 5.41) is 3.34. The van der Waals surface area contributed by atoms with E-state index in [4.69, 9.17) is 9.15 Å². The van der Waals surface area contributed by atoms with Crippen molar-refractivity contribution in [1.82, 2.24) is 5.32 Å². The summed E-state index contributed by atoms with van der Waals surface area (Å²) in [6, 6.07) is 2.29. The highest BCUT2D eigenvalue weighted by atomic mass is 35.5. The second-order valence-electron chi connectivity index (χ2n) is 2.64. The predicted octanol–water partition coefficient (Wildman–Crippen LogP) is 1.36. The molecule has 0 aliphatic carbocycles. The third-order valence-electron chi connectivity index (χ3n) is 1.87. The van der Waals surface area contributed by atoms with Crippen LogP contribution >= 0.6 is 12.4 Å². The zero-order valence-electron chi connectivity index (χ0n) is 6.66. The van der Waals surface area contributed by atoms with Crippen LogP contribution in [-0.2, 0) is 4.74 Å². The number of halogens is 1. The fraction of sp³-hybridized carbons (Fsp3) is 0.500. The van der Waals surface area contributed by atoms with Gasteiger partial charge in [0.1, 0.15) is 0 Å². The van der Waals surface area contributed by atoms with Crippen LogP contribution < -0.4 is 5.32 Å². The van der Waals surface area contributed by atoms with E-state index in [9.17, 15) is 0 Å². The van der Waals surface area contributed by atoms with Crippen LogP contribution in [0.4, 0.5) is 0 Å². The summed E-state index contributed by atoms with van der Waals surface area (Å²) < 4.78 is 10.3. The summed E-state index contributed by atoms with van der Waals surface area (Å²) in [4.78, 5) is 0. The lowest BCUT2D eigenvalue weighted by molar-refractivity contribution is 0.0767. The van der Waals surface area contributed by atoms with E-state index in [0.29, 0.717) is 6.04 Å². The summed E-state index contributed by atoms with van der Waals surface area (Å²) in [7, 11) is 0. The molecule has 1 saturated heterocycles. The molecular formula is C8H12ClNO2. The van der Waals surface area contributed by atoms with Gasteiger partial charge in [0.15, 0.2) is 0 Å². The average molecular weight is 190 g/mol. The van der Waals surface area contributed by atoms with E-state index in [-0.39, 0.29) is 12.4 Å². The molecule has 1 aromatic heterocycles. The fourth-order valence-electron chi connectivity index (χ4n) is 1.25. The molecule has 1 atom stereocenters. The zero-order valence-corrected chi connectivity index (χ0v) is 7.47. The maximum absolute atomic E-state index is 5.30. The fourth-order valence-corrected chi connectivity index (χ4v) is 1.25. The number of furan rings is 1. The molecule has 0 saturated carbocycles. The molecule has 1 aliphatic heterocycles. The topological polar surface area (TPSA) is 34.4 Å². The molecule has 0 bridgehead atoms. The Kier molecular flexibility index (Phi) is 3.59. The summed E-state index contributed by atoms with van der Waals surface area (Å²) >= 11 is 0. The van der Waals surface area contributed by atoms with Gasteiger partial charge in [0.05, 0.1) is 31.8 Å². The number of hydrogen-bond acceptors (Lipinski definition) is 3. The number of hydrogen-bond donors (Lipinski definition) is 1. The minimum absolute atomic E-state index is 0. The van der Waals surface area contributed by atoms with Gasteiger partial charge in [-0.3, -0.25) is 0 Å². The van der Waals surface area contributed by atoms with Crippen LogP contribution in [0.2, 0.25) is 0 Å². The second kappa shape index (κ2) is 4.50.